The van der Waals surface area contributed by atoms with Crippen LogP contribution < -0.4 is 0 Å². The lowest BCUT2D eigenvalue weighted by Crippen LogP contribution is -2.43. The SMILES string of the molecule is CSc1ccc([C@](C)(C#N)[C@](C)(C#N)c2ccc(SC)cc2)cc1. The van der Waals surface area contributed by atoms with Crippen LogP contribution >= 0.6 is 23.5 Å². The fourth-order valence-corrected chi connectivity index (χ4v) is 3.60. The normalized spacial score (nSPS) is 15.6. The molecule has 0 saturated carbocycles. The zero-order chi connectivity index (χ0) is 17.8. The predicted octanol–water partition coefficient (Wildman–Crippen LogP) is 5.39. The molecule has 0 N–H and O–H groups in total. The van der Waals surface area contributed by atoms with Gasteiger partial charge in [-0.25, -0.2) is 0 Å². The summed E-state index contributed by atoms with van der Waals surface area (Å²) in [6, 6.07) is 20.7. The minimum Gasteiger partial charge on any atom is -0.197 e. The second-order valence-corrected chi connectivity index (χ2v) is 7.69. The van der Waals surface area contributed by atoms with Gasteiger partial charge in [0.05, 0.1) is 12.1 Å². The van der Waals surface area contributed by atoms with Gasteiger partial charge in [0, 0.05) is 9.79 Å². The fourth-order valence-electron chi connectivity index (χ4n) is 2.78. The van der Waals surface area contributed by atoms with Crippen molar-refractivity contribution in [2.24, 2.45) is 0 Å². The van der Waals surface area contributed by atoms with Gasteiger partial charge in [-0.2, -0.15) is 10.5 Å². The van der Waals surface area contributed by atoms with Crippen LogP contribution in [0.2, 0.25) is 0 Å². The molecule has 0 unspecified atom stereocenters. The molecule has 0 radical (unpaired) electrons. The summed E-state index contributed by atoms with van der Waals surface area (Å²) >= 11 is 3.32. The van der Waals surface area contributed by atoms with Gasteiger partial charge in [0.15, 0.2) is 0 Å². The zero-order valence-electron chi connectivity index (χ0n) is 14.3. The number of hydrogen-bond donors (Lipinski definition) is 0. The van der Waals surface area contributed by atoms with Gasteiger partial charge in [-0.3, -0.25) is 0 Å². The maximum atomic E-state index is 9.98. The zero-order valence-corrected chi connectivity index (χ0v) is 16.0. The van der Waals surface area contributed by atoms with Crippen molar-refractivity contribution in [3.05, 3.63) is 59.7 Å². The Morgan fingerprint density at radius 2 is 0.958 bits per heavy atom. The highest BCUT2D eigenvalue weighted by molar-refractivity contribution is 7.98. The van der Waals surface area contributed by atoms with Crippen LogP contribution in [0.1, 0.15) is 25.0 Å². The molecule has 0 bridgehead atoms. The van der Waals surface area contributed by atoms with Crippen LogP contribution in [0.15, 0.2) is 58.3 Å². The first kappa shape index (κ1) is 18.5. The highest BCUT2D eigenvalue weighted by atomic mass is 32.2. The van der Waals surface area contributed by atoms with E-state index < -0.39 is 10.8 Å². The fraction of sp³-hybridized carbons (Fsp3) is 0.300. The van der Waals surface area contributed by atoms with Crippen LogP contribution in [0.25, 0.3) is 0 Å². The molecule has 4 heteroatoms. The van der Waals surface area contributed by atoms with Gasteiger partial charge in [0.1, 0.15) is 10.8 Å². The third kappa shape index (κ3) is 3.05. The quantitative estimate of drug-likeness (QED) is 0.677. The molecule has 0 amide bonds. The molecular formula is C20H20N2S2. The number of nitrogens with zero attached hydrogens (tertiary/aromatic N) is 2. The van der Waals surface area contributed by atoms with Crippen molar-refractivity contribution >= 4 is 23.5 Å². The first-order valence-corrected chi connectivity index (χ1v) is 10.0. The van der Waals surface area contributed by atoms with Gasteiger partial charge in [-0.15, -0.1) is 23.5 Å². The van der Waals surface area contributed by atoms with Crippen LogP contribution in [0.3, 0.4) is 0 Å². The van der Waals surface area contributed by atoms with Gasteiger partial charge >= 0.3 is 0 Å². The molecule has 0 aliphatic heterocycles. The smallest absolute Gasteiger partial charge is 0.102 e. The molecule has 2 rings (SSSR count). The summed E-state index contributed by atoms with van der Waals surface area (Å²) in [6.45, 7) is 3.71. The van der Waals surface area contributed by atoms with E-state index in [9.17, 15) is 10.5 Å². The molecule has 0 fully saturated rings. The molecule has 2 aromatic rings. The van der Waals surface area contributed by atoms with Gasteiger partial charge in [0.25, 0.3) is 0 Å². The molecule has 2 nitrogen and oxygen atoms in total. The number of rotatable bonds is 5. The van der Waals surface area contributed by atoms with E-state index in [1.165, 1.54) is 0 Å². The molecule has 0 saturated heterocycles. The molecule has 0 aliphatic carbocycles. The lowest BCUT2D eigenvalue weighted by atomic mass is 9.60. The summed E-state index contributed by atoms with van der Waals surface area (Å²) in [7, 11) is 0. The first-order valence-electron chi connectivity index (χ1n) is 7.56. The molecule has 0 spiro atoms. The van der Waals surface area contributed by atoms with Gasteiger partial charge in [0.2, 0.25) is 0 Å². The average Bonchev–Trinajstić information content (AvgIpc) is 2.66. The summed E-state index contributed by atoms with van der Waals surface area (Å²) in [5.74, 6) is 0. The minimum absolute atomic E-state index is 0.862. The third-order valence-corrected chi connectivity index (χ3v) is 6.27. The number of nitriles is 2. The second-order valence-electron chi connectivity index (χ2n) is 5.93. The van der Waals surface area contributed by atoms with E-state index in [2.05, 4.69) is 12.1 Å². The van der Waals surface area contributed by atoms with Crippen LogP contribution in [-0.2, 0) is 10.8 Å². The van der Waals surface area contributed by atoms with E-state index in [0.29, 0.717) is 0 Å². The van der Waals surface area contributed by atoms with Crippen molar-refractivity contribution in [3.63, 3.8) is 0 Å². The summed E-state index contributed by atoms with van der Waals surface area (Å²) < 4.78 is 0. The van der Waals surface area contributed by atoms with Crippen LogP contribution in [0.5, 0.6) is 0 Å². The lowest BCUT2D eigenvalue weighted by molar-refractivity contribution is 0.407. The largest absolute Gasteiger partial charge is 0.197 e. The molecule has 0 heterocycles. The van der Waals surface area contributed by atoms with Crippen LogP contribution in [0.4, 0.5) is 0 Å². The summed E-state index contributed by atoms with van der Waals surface area (Å²) in [5.41, 5.74) is -0.166. The molecule has 24 heavy (non-hydrogen) atoms. The molecule has 122 valence electrons. The van der Waals surface area contributed by atoms with E-state index in [1.807, 2.05) is 74.9 Å². The van der Waals surface area contributed by atoms with Crippen molar-refractivity contribution in [2.45, 2.75) is 34.5 Å². The van der Waals surface area contributed by atoms with Gasteiger partial charge < -0.3 is 0 Å². The van der Waals surface area contributed by atoms with Gasteiger partial charge in [-0.05, 0) is 61.8 Å². The molecular weight excluding hydrogens is 332 g/mol. The molecule has 2 atom stereocenters. The van der Waals surface area contributed by atoms with Crippen molar-refractivity contribution in [2.75, 3.05) is 12.5 Å². The highest BCUT2D eigenvalue weighted by Crippen LogP contribution is 2.44. The van der Waals surface area contributed by atoms with E-state index in [-0.39, 0.29) is 0 Å². The van der Waals surface area contributed by atoms with E-state index in [4.69, 9.17) is 0 Å². The monoisotopic (exact) mass is 352 g/mol. The standard InChI is InChI=1S/C20H20N2S2/c1-19(13-21,15-5-9-17(23-3)10-6-15)20(2,14-22)16-7-11-18(24-4)12-8-16/h5-12H,1-4H3/t19-,20+. The topological polar surface area (TPSA) is 47.6 Å². The minimum atomic E-state index is -0.945. The van der Waals surface area contributed by atoms with Crippen molar-refractivity contribution in [1.82, 2.24) is 0 Å². The number of thioether (sulfide) groups is 2. The summed E-state index contributed by atoms with van der Waals surface area (Å²) in [6.07, 6.45) is 4.04. The maximum absolute atomic E-state index is 9.98. The van der Waals surface area contributed by atoms with Gasteiger partial charge in [-0.1, -0.05) is 24.3 Å². The Labute approximate surface area is 152 Å². The highest BCUT2D eigenvalue weighted by Gasteiger charge is 2.48. The van der Waals surface area contributed by atoms with E-state index >= 15 is 0 Å². The Bertz CT molecular complexity index is 715. The van der Waals surface area contributed by atoms with Crippen molar-refractivity contribution in [1.29, 1.82) is 10.5 Å². The average molecular weight is 353 g/mol. The first-order chi connectivity index (χ1) is 11.4. The molecule has 0 aliphatic rings. The van der Waals surface area contributed by atoms with Crippen LogP contribution in [0, 0.1) is 22.7 Å². The van der Waals surface area contributed by atoms with Crippen LogP contribution in [-0.4, -0.2) is 12.5 Å². The summed E-state index contributed by atoms with van der Waals surface area (Å²) in [5, 5.41) is 20.0. The third-order valence-electron chi connectivity index (χ3n) is 4.78. The Kier molecular flexibility index (Phi) is 5.65. The molecule has 0 aromatic heterocycles. The lowest BCUT2D eigenvalue weighted by Gasteiger charge is -2.37. The Morgan fingerprint density at radius 3 is 1.17 bits per heavy atom. The van der Waals surface area contributed by atoms with Crippen molar-refractivity contribution in [3.8, 4) is 12.1 Å². The predicted molar refractivity (Wildman–Crippen MR) is 102 cm³/mol. The Morgan fingerprint density at radius 1 is 0.667 bits per heavy atom. The maximum Gasteiger partial charge on any atom is 0.102 e. The number of benzene rings is 2. The van der Waals surface area contributed by atoms with E-state index in [0.717, 1.165) is 20.9 Å². The summed E-state index contributed by atoms with van der Waals surface area (Å²) in [4.78, 5) is 2.28. The number of hydrogen-bond acceptors (Lipinski definition) is 4. The van der Waals surface area contributed by atoms with E-state index in [1.54, 1.807) is 23.5 Å². The second kappa shape index (κ2) is 7.34. The van der Waals surface area contributed by atoms with Crippen molar-refractivity contribution < 1.29 is 0 Å². The Balaban J connectivity index is 2.58. The Hall–Kier alpha value is -1.88. The molecule has 2 aromatic carbocycles.